The van der Waals surface area contributed by atoms with Crippen LogP contribution in [0.3, 0.4) is 0 Å². The number of aromatic nitrogens is 2. The number of nitrogens with one attached hydrogen (secondary N) is 1. The summed E-state index contributed by atoms with van der Waals surface area (Å²) in [5.74, 6) is 1.79. The van der Waals surface area contributed by atoms with Crippen molar-refractivity contribution in [2.24, 2.45) is 0 Å². The van der Waals surface area contributed by atoms with Crippen LogP contribution in [0, 0.1) is 0 Å². The van der Waals surface area contributed by atoms with Crippen molar-refractivity contribution in [2.75, 3.05) is 63.1 Å². The summed E-state index contributed by atoms with van der Waals surface area (Å²) >= 11 is 0. The number of hydrogen-bond donors (Lipinski definition) is 2. The maximum absolute atomic E-state index is 9.62. The van der Waals surface area contributed by atoms with Crippen LogP contribution in [0.4, 0.5) is 11.6 Å². The van der Waals surface area contributed by atoms with Gasteiger partial charge in [0, 0.05) is 51.4 Å². The lowest BCUT2D eigenvalue weighted by Gasteiger charge is -2.36. The molecular weight excluding hydrogens is 316 g/mol. The van der Waals surface area contributed by atoms with Gasteiger partial charge in [0.05, 0.1) is 12.6 Å². The fourth-order valence-corrected chi connectivity index (χ4v) is 3.74. The second-order valence-corrected chi connectivity index (χ2v) is 7.36. The molecule has 2 unspecified atom stereocenters. The molecule has 140 valence electrons. The molecule has 3 heterocycles. The molecule has 2 aliphatic rings. The number of aliphatic hydroxyl groups is 1. The smallest absolute Gasteiger partial charge is 0.134 e. The van der Waals surface area contributed by atoms with Gasteiger partial charge >= 0.3 is 0 Å². The van der Waals surface area contributed by atoms with Gasteiger partial charge in [-0.3, -0.25) is 4.90 Å². The number of piperidine rings is 1. The van der Waals surface area contributed by atoms with E-state index in [9.17, 15) is 5.11 Å². The quantitative estimate of drug-likeness (QED) is 0.791. The van der Waals surface area contributed by atoms with E-state index in [4.69, 9.17) is 0 Å². The number of piperazine rings is 1. The van der Waals surface area contributed by atoms with Crippen molar-refractivity contribution >= 4 is 11.6 Å². The van der Waals surface area contributed by atoms with Gasteiger partial charge in [0.2, 0.25) is 0 Å². The lowest BCUT2D eigenvalue weighted by atomic mass is 10.0. The maximum Gasteiger partial charge on any atom is 0.134 e. The topological polar surface area (TPSA) is 67.8 Å². The van der Waals surface area contributed by atoms with Crippen molar-refractivity contribution in [3.8, 4) is 0 Å². The second kappa shape index (κ2) is 8.78. The van der Waals surface area contributed by atoms with Crippen molar-refractivity contribution < 1.29 is 5.11 Å². The highest BCUT2D eigenvalue weighted by Crippen LogP contribution is 2.24. The number of likely N-dealkylation sites (N-methyl/N-ethyl adjacent to an activating group) is 1. The predicted molar refractivity (Wildman–Crippen MR) is 101 cm³/mol. The molecule has 2 fully saturated rings. The minimum absolute atomic E-state index is 0.181. The molecule has 2 N–H and O–H groups in total. The van der Waals surface area contributed by atoms with Crippen LogP contribution in [0.15, 0.2) is 12.4 Å². The third-order valence-corrected chi connectivity index (χ3v) is 5.52. The second-order valence-electron chi connectivity index (χ2n) is 7.36. The third-order valence-electron chi connectivity index (χ3n) is 5.52. The van der Waals surface area contributed by atoms with Crippen molar-refractivity contribution in [1.82, 2.24) is 19.8 Å². The zero-order valence-corrected chi connectivity index (χ0v) is 15.6. The molecule has 1 aromatic rings. The monoisotopic (exact) mass is 348 g/mol. The van der Waals surface area contributed by atoms with E-state index in [0.717, 1.165) is 63.7 Å². The van der Waals surface area contributed by atoms with Gasteiger partial charge in [-0.1, -0.05) is 0 Å². The van der Waals surface area contributed by atoms with E-state index in [-0.39, 0.29) is 12.6 Å². The standard InChI is InChI=1S/C18H32N6O/c1-15(23-9-7-22(2)8-10-23)12-19-17-11-18(21-14-20-17)24-6-4-3-5-16(24)13-25/h11,14-16,25H,3-10,12-13H2,1-2H3,(H,19,20,21). The molecule has 2 aliphatic heterocycles. The molecule has 7 nitrogen and oxygen atoms in total. The Labute approximate surface area is 151 Å². The highest BCUT2D eigenvalue weighted by molar-refractivity contribution is 5.49. The van der Waals surface area contributed by atoms with Gasteiger partial charge in [0.15, 0.2) is 0 Å². The van der Waals surface area contributed by atoms with E-state index >= 15 is 0 Å². The van der Waals surface area contributed by atoms with Crippen LogP contribution in [0.2, 0.25) is 0 Å². The van der Waals surface area contributed by atoms with Crippen LogP contribution in [0.5, 0.6) is 0 Å². The minimum Gasteiger partial charge on any atom is -0.394 e. The Kier molecular flexibility index (Phi) is 6.45. The summed E-state index contributed by atoms with van der Waals surface area (Å²) in [5, 5.41) is 13.1. The molecule has 0 aliphatic carbocycles. The first kappa shape index (κ1) is 18.4. The minimum atomic E-state index is 0.181. The zero-order chi connectivity index (χ0) is 17.6. The van der Waals surface area contributed by atoms with Crippen LogP contribution >= 0.6 is 0 Å². The Hall–Kier alpha value is -1.44. The van der Waals surface area contributed by atoms with E-state index in [0.29, 0.717) is 6.04 Å². The average molecular weight is 348 g/mol. The number of anilines is 2. The summed E-state index contributed by atoms with van der Waals surface area (Å²) in [6, 6.07) is 2.68. The largest absolute Gasteiger partial charge is 0.394 e. The summed E-state index contributed by atoms with van der Waals surface area (Å²) in [6.45, 7) is 8.82. The van der Waals surface area contributed by atoms with E-state index in [1.54, 1.807) is 6.33 Å². The molecule has 0 saturated carbocycles. The van der Waals surface area contributed by atoms with E-state index in [1.807, 2.05) is 6.07 Å². The molecule has 1 aromatic heterocycles. The van der Waals surface area contributed by atoms with Gasteiger partial charge < -0.3 is 20.2 Å². The molecule has 25 heavy (non-hydrogen) atoms. The van der Waals surface area contributed by atoms with E-state index < -0.39 is 0 Å². The maximum atomic E-state index is 9.62. The van der Waals surface area contributed by atoms with E-state index in [2.05, 4.69) is 44.0 Å². The normalized spacial score (nSPS) is 24.3. The van der Waals surface area contributed by atoms with Crippen LogP contribution in [0.25, 0.3) is 0 Å². The summed E-state index contributed by atoms with van der Waals surface area (Å²) in [7, 11) is 2.18. The van der Waals surface area contributed by atoms with Gasteiger partial charge in [0.1, 0.15) is 18.0 Å². The van der Waals surface area contributed by atoms with Crippen LogP contribution in [-0.2, 0) is 0 Å². The molecule has 0 amide bonds. The first-order chi connectivity index (χ1) is 12.2. The van der Waals surface area contributed by atoms with Crippen molar-refractivity contribution in [3.63, 3.8) is 0 Å². The molecular formula is C18H32N6O. The third kappa shape index (κ3) is 4.80. The Balaban J connectivity index is 1.56. The first-order valence-corrected chi connectivity index (χ1v) is 9.53. The van der Waals surface area contributed by atoms with Gasteiger partial charge in [-0.2, -0.15) is 0 Å². The molecule has 3 rings (SSSR count). The number of nitrogens with zero attached hydrogens (tertiary/aromatic N) is 5. The molecule has 0 aromatic carbocycles. The van der Waals surface area contributed by atoms with Crippen molar-refractivity contribution in [3.05, 3.63) is 12.4 Å². The molecule has 0 spiro atoms. The molecule has 2 saturated heterocycles. The Morgan fingerprint density at radius 3 is 2.76 bits per heavy atom. The fraction of sp³-hybridized carbons (Fsp3) is 0.778. The Bertz CT molecular complexity index is 534. The number of hydrogen-bond acceptors (Lipinski definition) is 7. The van der Waals surface area contributed by atoms with Gasteiger partial charge in [-0.05, 0) is 33.2 Å². The van der Waals surface area contributed by atoms with Crippen LogP contribution < -0.4 is 10.2 Å². The highest BCUT2D eigenvalue weighted by atomic mass is 16.3. The average Bonchev–Trinajstić information content (AvgIpc) is 2.67. The van der Waals surface area contributed by atoms with Gasteiger partial charge in [-0.15, -0.1) is 0 Å². The highest BCUT2D eigenvalue weighted by Gasteiger charge is 2.23. The van der Waals surface area contributed by atoms with Gasteiger partial charge in [-0.25, -0.2) is 9.97 Å². The van der Waals surface area contributed by atoms with Gasteiger partial charge in [0.25, 0.3) is 0 Å². The molecule has 0 bridgehead atoms. The lowest BCUT2D eigenvalue weighted by Crippen LogP contribution is -2.49. The molecule has 2 atom stereocenters. The van der Waals surface area contributed by atoms with Crippen LogP contribution in [-0.4, -0.2) is 89.9 Å². The molecule has 0 radical (unpaired) electrons. The summed E-state index contributed by atoms with van der Waals surface area (Å²) in [4.78, 5) is 15.9. The number of rotatable bonds is 6. The number of aliphatic hydroxyl groups excluding tert-OH is 1. The SMILES string of the molecule is CC(CNc1cc(N2CCCCC2CO)ncn1)N1CCN(C)CC1. The zero-order valence-electron chi connectivity index (χ0n) is 15.6. The summed E-state index contributed by atoms with van der Waals surface area (Å²) < 4.78 is 0. The van der Waals surface area contributed by atoms with Crippen molar-refractivity contribution in [1.29, 1.82) is 0 Å². The predicted octanol–water partition coefficient (Wildman–Crippen LogP) is 0.876. The first-order valence-electron chi connectivity index (χ1n) is 9.53. The summed E-state index contributed by atoms with van der Waals surface area (Å²) in [6.07, 6.45) is 5.00. The lowest BCUT2D eigenvalue weighted by molar-refractivity contribution is 0.123. The molecule has 7 heteroatoms. The summed E-state index contributed by atoms with van der Waals surface area (Å²) in [5.41, 5.74) is 0. The van der Waals surface area contributed by atoms with Crippen molar-refractivity contribution in [2.45, 2.75) is 38.3 Å². The fourth-order valence-electron chi connectivity index (χ4n) is 3.74. The Morgan fingerprint density at radius 2 is 2.00 bits per heavy atom. The van der Waals surface area contributed by atoms with E-state index in [1.165, 1.54) is 6.42 Å². The van der Waals surface area contributed by atoms with Crippen LogP contribution in [0.1, 0.15) is 26.2 Å². The Morgan fingerprint density at radius 1 is 1.20 bits per heavy atom.